The largest absolute Gasteiger partial charge is 0.376 e. The van der Waals surface area contributed by atoms with E-state index in [9.17, 15) is 9.90 Å². The summed E-state index contributed by atoms with van der Waals surface area (Å²) in [6.07, 6.45) is 13.1. The van der Waals surface area contributed by atoms with Crippen molar-refractivity contribution in [3.63, 3.8) is 0 Å². The summed E-state index contributed by atoms with van der Waals surface area (Å²) >= 11 is 0. The van der Waals surface area contributed by atoms with Gasteiger partial charge in [0.25, 0.3) is 0 Å². The second-order valence-corrected chi connectivity index (χ2v) is 6.88. The second-order valence-electron chi connectivity index (χ2n) is 6.88. The van der Waals surface area contributed by atoms with Gasteiger partial charge in [0.05, 0.1) is 6.17 Å². The van der Waals surface area contributed by atoms with Gasteiger partial charge in [0.15, 0.2) is 0 Å². The van der Waals surface area contributed by atoms with E-state index in [0.29, 0.717) is 12.8 Å². The average molecular weight is 329 g/mol. The minimum Gasteiger partial charge on any atom is -0.376 e. The van der Waals surface area contributed by atoms with Crippen molar-refractivity contribution < 1.29 is 9.90 Å². The molecule has 0 spiro atoms. The van der Waals surface area contributed by atoms with Crippen LogP contribution in [0, 0.1) is 0 Å². The minimum absolute atomic E-state index is 0.0826. The first-order valence-corrected chi connectivity index (χ1v) is 9.74. The number of nitrogens with one attached hydrogen (secondary N) is 2. The molecule has 0 aliphatic heterocycles. The third-order valence-electron chi connectivity index (χ3n) is 4.42. The maximum atomic E-state index is 12.0. The molecule has 0 bridgehead atoms. The molecule has 0 aliphatic rings. The molecule has 0 radical (unpaired) electrons. The summed E-state index contributed by atoms with van der Waals surface area (Å²) in [6, 6.07) is 0. The number of hydrogen-bond donors (Lipinski definition) is 3. The van der Waals surface area contributed by atoms with Gasteiger partial charge >= 0.3 is 0 Å². The van der Waals surface area contributed by atoms with Crippen LogP contribution >= 0.6 is 0 Å². The number of hydrogen-bond acceptors (Lipinski definition) is 3. The number of carbonyl (C=O) groups excluding carboxylic acids is 1. The van der Waals surface area contributed by atoms with E-state index in [1.165, 1.54) is 44.9 Å². The Bertz CT molecular complexity index is 293. The van der Waals surface area contributed by atoms with Crippen molar-refractivity contribution in [2.45, 2.75) is 117 Å². The van der Waals surface area contributed by atoms with Crippen LogP contribution in [0.25, 0.3) is 0 Å². The first-order chi connectivity index (χ1) is 10.9. The van der Waals surface area contributed by atoms with Crippen LogP contribution in [-0.2, 0) is 4.79 Å². The van der Waals surface area contributed by atoms with Crippen LogP contribution in [0.1, 0.15) is 105 Å². The van der Waals surface area contributed by atoms with Crippen LogP contribution in [0.4, 0.5) is 0 Å². The minimum atomic E-state index is -0.925. The third kappa shape index (κ3) is 13.5. The van der Waals surface area contributed by atoms with Crippen LogP contribution in [0.3, 0.4) is 0 Å². The molecule has 2 atom stereocenters. The second kappa shape index (κ2) is 13.8. The van der Waals surface area contributed by atoms with E-state index in [-0.39, 0.29) is 12.1 Å². The fraction of sp³-hybridized carbons (Fsp3) is 0.947. The lowest BCUT2D eigenvalue weighted by atomic mass is 10.1. The molecular formula is C19H40N2O2. The van der Waals surface area contributed by atoms with Gasteiger partial charge in [-0.05, 0) is 26.2 Å². The van der Waals surface area contributed by atoms with Crippen molar-refractivity contribution in [2.24, 2.45) is 0 Å². The van der Waals surface area contributed by atoms with Crippen LogP contribution in [-0.4, -0.2) is 22.9 Å². The van der Waals surface area contributed by atoms with Gasteiger partial charge in [-0.25, -0.2) is 0 Å². The van der Waals surface area contributed by atoms with Gasteiger partial charge in [-0.3, -0.25) is 10.1 Å². The molecule has 3 N–H and O–H groups in total. The van der Waals surface area contributed by atoms with Gasteiger partial charge in [-0.1, -0.05) is 72.1 Å². The summed E-state index contributed by atoms with van der Waals surface area (Å²) in [6.45, 7) is 7.90. The van der Waals surface area contributed by atoms with Crippen molar-refractivity contribution in [1.82, 2.24) is 10.6 Å². The van der Waals surface area contributed by atoms with Crippen LogP contribution < -0.4 is 10.6 Å². The van der Waals surface area contributed by atoms with Crippen LogP contribution in [0.2, 0.25) is 0 Å². The maximum Gasteiger partial charge on any atom is 0.221 e. The lowest BCUT2D eigenvalue weighted by molar-refractivity contribution is -0.122. The van der Waals surface area contributed by atoms with Gasteiger partial charge in [-0.2, -0.15) is 0 Å². The zero-order valence-electron chi connectivity index (χ0n) is 15.9. The molecule has 0 heterocycles. The Morgan fingerprint density at radius 2 is 1.48 bits per heavy atom. The van der Waals surface area contributed by atoms with Crippen LogP contribution in [0.5, 0.6) is 0 Å². The van der Waals surface area contributed by atoms with E-state index in [1.54, 1.807) is 6.92 Å². The molecule has 0 aromatic heterocycles. The summed E-state index contributed by atoms with van der Waals surface area (Å²) in [5.41, 5.74) is -0.925. The van der Waals surface area contributed by atoms with E-state index < -0.39 is 5.72 Å². The first-order valence-electron chi connectivity index (χ1n) is 9.74. The van der Waals surface area contributed by atoms with Gasteiger partial charge in [0, 0.05) is 6.42 Å². The normalized spacial score (nSPS) is 15.2. The molecule has 0 rings (SSSR count). The summed E-state index contributed by atoms with van der Waals surface area (Å²) in [5, 5.41) is 16.1. The highest BCUT2D eigenvalue weighted by atomic mass is 16.3. The number of rotatable bonds is 15. The number of unbranched alkanes of at least 4 members (excludes halogenated alkanes) is 8. The van der Waals surface area contributed by atoms with Gasteiger partial charge in [-0.15, -0.1) is 0 Å². The smallest absolute Gasteiger partial charge is 0.221 e. The monoisotopic (exact) mass is 328 g/mol. The fourth-order valence-corrected chi connectivity index (χ4v) is 2.58. The van der Waals surface area contributed by atoms with Gasteiger partial charge in [0.1, 0.15) is 5.72 Å². The van der Waals surface area contributed by atoms with Gasteiger partial charge < -0.3 is 10.4 Å². The number of carbonyl (C=O) groups is 1. The van der Waals surface area contributed by atoms with Crippen molar-refractivity contribution in [2.75, 3.05) is 0 Å². The summed E-state index contributed by atoms with van der Waals surface area (Å²) in [5.74, 6) is 0.0826. The molecule has 4 heteroatoms. The molecule has 0 saturated heterocycles. The van der Waals surface area contributed by atoms with Gasteiger partial charge in [0.2, 0.25) is 5.91 Å². The van der Waals surface area contributed by atoms with E-state index in [2.05, 4.69) is 17.6 Å². The molecule has 138 valence electrons. The number of aliphatic hydroxyl groups is 1. The average Bonchev–Trinajstić information content (AvgIpc) is 2.52. The zero-order valence-corrected chi connectivity index (χ0v) is 15.9. The van der Waals surface area contributed by atoms with E-state index in [4.69, 9.17) is 0 Å². The number of amides is 1. The zero-order chi connectivity index (χ0) is 17.6. The maximum absolute atomic E-state index is 12.0. The fourth-order valence-electron chi connectivity index (χ4n) is 2.58. The summed E-state index contributed by atoms with van der Waals surface area (Å²) in [7, 11) is 0. The van der Waals surface area contributed by atoms with E-state index in [0.717, 1.165) is 19.3 Å². The lowest BCUT2D eigenvalue weighted by Crippen LogP contribution is -2.54. The predicted molar refractivity (Wildman–Crippen MR) is 98.1 cm³/mol. The third-order valence-corrected chi connectivity index (χ3v) is 4.42. The Kier molecular flexibility index (Phi) is 13.4. The van der Waals surface area contributed by atoms with Crippen molar-refractivity contribution in [3.05, 3.63) is 0 Å². The highest BCUT2D eigenvalue weighted by Crippen LogP contribution is 2.11. The highest BCUT2D eigenvalue weighted by Gasteiger charge is 2.21. The Morgan fingerprint density at radius 3 is 1.96 bits per heavy atom. The molecule has 0 aliphatic carbocycles. The molecular weight excluding hydrogens is 288 g/mol. The molecule has 0 saturated carbocycles. The van der Waals surface area contributed by atoms with E-state index in [1.807, 2.05) is 13.8 Å². The SMILES string of the molecule is CCCCCCCCCCCC(=O)NC(CC)NC(C)(O)CC. The standard InChI is InChI=1S/C19H40N2O2/c1-5-8-9-10-11-12-13-14-15-16-18(22)20-17(6-2)21-19(4,23)7-3/h17,21,23H,5-16H2,1-4H3,(H,20,22). The summed E-state index contributed by atoms with van der Waals surface area (Å²) in [4.78, 5) is 12.0. The topological polar surface area (TPSA) is 61.4 Å². The first kappa shape index (κ1) is 22.4. The molecule has 2 unspecified atom stereocenters. The predicted octanol–water partition coefficient (Wildman–Crippen LogP) is 4.47. The Hall–Kier alpha value is -0.610. The molecule has 1 amide bonds. The Labute approximate surface area is 143 Å². The molecule has 4 nitrogen and oxygen atoms in total. The quantitative estimate of drug-likeness (QED) is 0.307. The lowest BCUT2D eigenvalue weighted by Gasteiger charge is -2.29. The van der Waals surface area contributed by atoms with Crippen molar-refractivity contribution in [1.29, 1.82) is 0 Å². The molecule has 0 aromatic carbocycles. The highest BCUT2D eigenvalue weighted by molar-refractivity contribution is 5.76. The Balaban J connectivity index is 3.65. The Morgan fingerprint density at radius 1 is 0.957 bits per heavy atom. The molecule has 0 fully saturated rings. The van der Waals surface area contributed by atoms with Crippen LogP contribution in [0.15, 0.2) is 0 Å². The van der Waals surface area contributed by atoms with Crippen molar-refractivity contribution >= 4 is 5.91 Å². The molecule has 0 aromatic rings. The summed E-state index contributed by atoms with van der Waals surface area (Å²) < 4.78 is 0. The molecule has 23 heavy (non-hydrogen) atoms. The van der Waals surface area contributed by atoms with E-state index >= 15 is 0 Å². The van der Waals surface area contributed by atoms with Crippen molar-refractivity contribution in [3.8, 4) is 0 Å².